The van der Waals surface area contributed by atoms with Gasteiger partial charge in [0.25, 0.3) is 0 Å². The maximum atomic E-state index is 3.54. The van der Waals surface area contributed by atoms with E-state index in [9.17, 15) is 0 Å². The molecule has 22 heavy (non-hydrogen) atoms. The number of hydrogen-bond donors (Lipinski definition) is 0. The Bertz CT molecular complexity index is 601. The van der Waals surface area contributed by atoms with Crippen LogP contribution in [0, 0.1) is 0 Å². The summed E-state index contributed by atoms with van der Waals surface area (Å²) in [5.41, 5.74) is 1.28. The van der Waals surface area contributed by atoms with Crippen molar-refractivity contribution in [3.05, 3.63) is 62.8 Å². The molecular formula is C18H21BrN2S. The number of hydrogen-bond acceptors (Lipinski definition) is 3. The Hall–Kier alpha value is -0.940. The zero-order valence-electron chi connectivity index (χ0n) is 12.6. The van der Waals surface area contributed by atoms with E-state index in [2.05, 4.69) is 80.3 Å². The van der Waals surface area contributed by atoms with Crippen molar-refractivity contribution in [2.45, 2.75) is 6.54 Å². The van der Waals surface area contributed by atoms with Gasteiger partial charge in [-0.05, 0) is 33.6 Å². The fourth-order valence-corrected chi connectivity index (χ4v) is 4.21. The van der Waals surface area contributed by atoms with Gasteiger partial charge in [0.15, 0.2) is 0 Å². The third-order valence-corrected chi connectivity index (χ3v) is 5.56. The average Bonchev–Trinajstić information content (AvgIpc) is 2.95. The highest BCUT2D eigenvalue weighted by Crippen LogP contribution is 2.23. The molecule has 1 aliphatic heterocycles. The SMILES string of the molecule is Brc1ccc(CN2CCN(CC=Cc3ccccc3)CC2)s1. The lowest BCUT2D eigenvalue weighted by Crippen LogP contribution is -2.45. The average molecular weight is 377 g/mol. The number of nitrogens with zero attached hydrogens (tertiary/aromatic N) is 2. The van der Waals surface area contributed by atoms with Crippen LogP contribution in [0.5, 0.6) is 0 Å². The molecule has 1 saturated heterocycles. The Morgan fingerprint density at radius 2 is 1.68 bits per heavy atom. The topological polar surface area (TPSA) is 6.48 Å². The van der Waals surface area contributed by atoms with E-state index in [1.807, 2.05) is 11.3 Å². The predicted octanol–water partition coefficient (Wildman–Crippen LogP) is 4.34. The van der Waals surface area contributed by atoms with Crippen molar-refractivity contribution in [1.82, 2.24) is 9.80 Å². The Kier molecular flexibility index (Phi) is 5.84. The Morgan fingerprint density at radius 1 is 0.955 bits per heavy atom. The van der Waals surface area contributed by atoms with E-state index in [1.165, 1.54) is 14.2 Å². The van der Waals surface area contributed by atoms with E-state index in [1.54, 1.807) is 0 Å². The second kappa shape index (κ2) is 8.06. The first kappa shape index (κ1) is 15.9. The van der Waals surface area contributed by atoms with Crippen LogP contribution in [-0.4, -0.2) is 42.5 Å². The van der Waals surface area contributed by atoms with Crippen LogP contribution in [-0.2, 0) is 6.54 Å². The van der Waals surface area contributed by atoms with Crippen molar-refractivity contribution in [3.8, 4) is 0 Å². The minimum Gasteiger partial charge on any atom is -0.297 e. The van der Waals surface area contributed by atoms with Crippen LogP contribution in [0.25, 0.3) is 6.08 Å². The second-order valence-corrected chi connectivity index (χ2v) is 8.14. The van der Waals surface area contributed by atoms with E-state index in [0.717, 1.165) is 39.3 Å². The molecule has 1 aromatic heterocycles. The van der Waals surface area contributed by atoms with Crippen LogP contribution in [0.4, 0.5) is 0 Å². The summed E-state index contributed by atoms with van der Waals surface area (Å²) in [6, 6.07) is 14.9. The zero-order valence-corrected chi connectivity index (χ0v) is 15.0. The van der Waals surface area contributed by atoms with Gasteiger partial charge in [-0.15, -0.1) is 11.3 Å². The summed E-state index contributed by atoms with van der Waals surface area (Å²) < 4.78 is 1.23. The summed E-state index contributed by atoms with van der Waals surface area (Å²) in [5, 5.41) is 0. The third-order valence-electron chi connectivity index (χ3n) is 3.95. The molecule has 0 aliphatic carbocycles. The molecule has 2 nitrogen and oxygen atoms in total. The number of piperazine rings is 1. The molecule has 0 unspecified atom stereocenters. The van der Waals surface area contributed by atoms with Crippen LogP contribution in [0.2, 0.25) is 0 Å². The van der Waals surface area contributed by atoms with Gasteiger partial charge in [0.1, 0.15) is 0 Å². The number of halogens is 1. The monoisotopic (exact) mass is 376 g/mol. The molecule has 4 heteroatoms. The molecule has 0 radical (unpaired) electrons. The van der Waals surface area contributed by atoms with Crippen LogP contribution < -0.4 is 0 Å². The van der Waals surface area contributed by atoms with Crippen LogP contribution in [0.1, 0.15) is 10.4 Å². The minimum absolute atomic E-state index is 1.05. The summed E-state index contributed by atoms with van der Waals surface area (Å²) >= 11 is 5.38. The summed E-state index contributed by atoms with van der Waals surface area (Å²) in [5.74, 6) is 0. The fourth-order valence-electron chi connectivity index (χ4n) is 2.69. The minimum atomic E-state index is 1.05. The fraction of sp³-hybridized carbons (Fsp3) is 0.333. The molecule has 0 bridgehead atoms. The first-order valence-electron chi connectivity index (χ1n) is 7.70. The second-order valence-electron chi connectivity index (χ2n) is 5.60. The molecule has 1 fully saturated rings. The van der Waals surface area contributed by atoms with Gasteiger partial charge >= 0.3 is 0 Å². The van der Waals surface area contributed by atoms with Crippen molar-refractivity contribution in [2.24, 2.45) is 0 Å². The summed E-state index contributed by atoms with van der Waals surface area (Å²) in [7, 11) is 0. The molecule has 1 aromatic carbocycles. The standard InChI is InChI=1S/C18H21BrN2S/c19-18-9-8-17(22-18)15-21-13-11-20(12-14-21)10-4-7-16-5-2-1-3-6-16/h1-9H,10-15H2. The van der Waals surface area contributed by atoms with Crippen molar-refractivity contribution in [3.63, 3.8) is 0 Å². The normalized spacial score (nSPS) is 17.3. The van der Waals surface area contributed by atoms with Gasteiger partial charge in [-0.25, -0.2) is 0 Å². The van der Waals surface area contributed by atoms with Gasteiger partial charge < -0.3 is 0 Å². The lowest BCUT2D eigenvalue weighted by molar-refractivity contribution is 0.138. The number of rotatable bonds is 5. The van der Waals surface area contributed by atoms with Crippen molar-refractivity contribution >= 4 is 33.3 Å². The summed E-state index contributed by atoms with van der Waals surface area (Å²) in [6.45, 7) is 6.78. The molecule has 0 atom stereocenters. The predicted molar refractivity (Wildman–Crippen MR) is 99.2 cm³/mol. The van der Waals surface area contributed by atoms with E-state index in [4.69, 9.17) is 0 Å². The number of benzene rings is 1. The van der Waals surface area contributed by atoms with Gasteiger partial charge in [-0.2, -0.15) is 0 Å². The van der Waals surface area contributed by atoms with Crippen LogP contribution >= 0.6 is 27.3 Å². The molecule has 0 spiro atoms. The molecular weight excluding hydrogens is 356 g/mol. The Labute approximate surface area is 145 Å². The summed E-state index contributed by atoms with van der Waals surface area (Å²) in [6.07, 6.45) is 4.50. The van der Waals surface area contributed by atoms with Gasteiger partial charge in [-0.1, -0.05) is 42.5 Å². The van der Waals surface area contributed by atoms with Crippen molar-refractivity contribution < 1.29 is 0 Å². The highest BCUT2D eigenvalue weighted by Gasteiger charge is 2.16. The molecule has 3 rings (SSSR count). The van der Waals surface area contributed by atoms with E-state index >= 15 is 0 Å². The van der Waals surface area contributed by atoms with Gasteiger partial charge in [0, 0.05) is 44.1 Å². The Morgan fingerprint density at radius 3 is 2.36 bits per heavy atom. The van der Waals surface area contributed by atoms with Crippen molar-refractivity contribution in [1.29, 1.82) is 0 Å². The highest BCUT2D eigenvalue weighted by molar-refractivity contribution is 9.11. The molecule has 0 N–H and O–H groups in total. The highest BCUT2D eigenvalue weighted by atomic mass is 79.9. The summed E-state index contributed by atoms with van der Waals surface area (Å²) in [4.78, 5) is 6.53. The van der Waals surface area contributed by atoms with Gasteiger partial charge in [0.2, 0.25) is 0 Å². The molecule has 2 aromatic rings. The largest absolute Gasteiger partial charge is 0.297 e. The first-order chi connectivity index (χ1) is 10.8. The first-order valence-corrected chi connectivity index (χ1v) is 9.31. The van der Waals surface area contributed by atoms with E-state index in [0.29, 0.717) is 0 Å². The van der Waals surface area contributed by atoms with E-state index < -0.39 is 0 Å². The van der Waals surface area contributed by atoms with Gasteiger partial charge in [0.05, 0.1) is 3.79 Å². The lowest BCUT2D eigenvalue weighted by Gasteiger charge is -2.33. The Balaban J connectivity index is 1.41. The van der Waals surface area contributed by atoms with Crippen LogP contribution in [0.15, 0.2) is 52.3 Å². The lowest BCUT2D eigenvalue weighted by atomic mass is 10.2. The maximum absolute atomic E-state index is 3.54. The third kappa shape index (κ3) is 4.78. The quantitative estimate of drug-likeness (QED) is 0.765. The zero-order chi connectivity index (χ0) is 15.2. The van der Waals surface area contributed by atoms with Crippen LogP contribution in [0.3, 0.4) is 0 Å². The molecule has 0 amide bonds. The van der Waals surface area contributed by atoms with Gasteiger partial charge in [-0.3, -0.25) is 9.80 Å². The molecule has 1 aliphatic rings. The smallest absolute Gasteiger partial charge is 0.0701 e. The number of thiophene rings is 1. The van der Waals surface area contributed by atoms with E-state index in [-0.39, 0.29) is 0 Å². The molecule has 2 heterocycles. The van der Waals surface area contributed by atoms with Crippen molar-refractivity contribution in [2.75, 3.05) is 32.7 Å². The maximum Gasteiger partial charge on any atom is 0.0701 e. The molecule has 0 saturated carbocycles. The molecule has 116 valence electrons.